The number of pyridine rings is 1. The summed E-state index contributed by atoms with van der Waals surface area (Å²) in [6.07, 6.45) is 7.35. The smallest absolute Gasteiger partial charge is 0.153 e. The number of nitrogens with zero attached hydrogens (tertiary/aromatic N) is 6. The van der Waals surface area contributed by atoms with E-state index in [9.17, 15) is 0 Å². The van der Waals surface area contributed by atoms with Gasteiger partial charge in [0, 0.05) is 29.3 Å². The second-order valence-electron chi connectivity index (χ2n) is 7.06. The molecule has 29 heavy (non-hydrogen) atoms. The Balaban J connectivity index is 1.55. The third kappa shape index (κ3) is 3.15. The van der Waals surface area contributed by atoms with Gasteiger partial charge < -0.3 is 5.11 Å². The van der Waals surface area contributed by atoms with Crippen LogP contribution in [0.5, 0.6) is 0 Å². The third-order valence-corrected chi connectivity index (χ3v) is 5.22. The van der Waals surface area contributed by atoms with Crippen LogP contribution in [0.4, 0.5) is 0 Å². The van der Waals surface area contributed by atoms with E-state index in [1.807, 2.05) is 41.3 Å². The maximum Gasteiger partial charge on any atom is 0.153 e. The average molecular weight is 384 g/mol. The second-order valence-corrected chi connectivity index (χ2v) is 7.06. The van der Waals surface area contributed by atoms with Gasteiger partial charge in [-0.2, -0.15) is 10.2 Å². The molecule has 0 saturated heterocycles. The van der Waals surface area contributed by atoms with Crippen LogP contribution < -0.4 is 0 Å². The van der Waals surface area contributed by atoms with E-state index in [0.717, 1.165) is 33.5 Å². The molecule has 0 aliphatic carbocycles. The van der Waals surface area contributed by atoms with Crippen molar-refractivity contribution in [1.82, 2.24) is 29.4 Å². The summed E-state index contributed by atoms with van der Waals surface area (Å²) in [7, 11) is 0. The summed E-state index contributed by atoms with van der Waals surface area (Å²) >= 11 is 0. The lowest BCUT2D eigenvalue weighted by Crippen LogP contribution is -2.04. The summed E-state index contributed by atoms with van der Waals surface area (Å²) < 4.78 is 3.61. The summed E-state index contributed by atoms with van der Waals surface area (Å²) in [5.74, 6) is 0.120. The van der Waals surface area contributed by atoms with Crippen LogP contribution in [0.1, 0.15) is 24.1 Å². The van der Waals surface area contributed by atoms with E-state index >= 15 is 0 Å². The Kier molecular flexibility index (Phi) is 4.29. The predicted molar refractivity (Wildman–Crippen MR) is 111 cm³/mol. The highest BCUT2D eigenvalue weighted by Gasteiger charge is 2.16. The van der Waals surface area contributed by atoms with Crippen molar-refractivity contribution in [3.8, 4) is 11.3 Å². The van der Waals surface area contributed by atoms with E-state index in [-0.39, 0.29) is 12.5 Å². The number of imidazole rings is 1. The Bertz CT molecular complexity index is 1310. The van der Waals surface area contributed by atoms with E-state index in [1.54, 1.807) is 10.9 Å². The van der Waals surface area contributed by atoms with Crippen LogP contribution >= 0.6 is 0 Å². The van der Waals surface area contributed by atoms with Crippen LogP contribution in [0, 0.1) is 0 Å². The highest BCUT2D eigenvalue weighted by atomic mass is 16.3. The van der Waals surface area contributed by atoms with Crippen LogP contribution in [0.3, 0.4) is 0 Å². The van der Waals surface area contributed by atoms with Gasteiger partial charge in [-0.3, -0.25) is 9.67 Å². The zero-order valence-corrected chi connectivity index (χ0v) is 16.0. The minimum atomic E-state index is 0.0536. The lowest BCUT2D eigenvalue weighted by molar-refractivity contribution is 0.269. The summed E-state index contributed by atoms with van der Waals surface area (Å²) in [5, 5.41) is 19.3. The first kappa shape index (κ1) is 17.5. The van der Waals surface area contributed by atoms with Crippen LogP contribution in [0.15, 0.2) is 67.3 Å². The zero-order valence-electron chi connectivity index (χ0n) is 16.0. The first-order valence-electron chi connectivity index (χ1n) is 9.56. The zero-order chi connectivity index (χ0) is 19.8. The molecule has 0 fully saturated rings. The molecular formula is C22H20N6O. The SMILES string of the molecule is C[C@H](c1ccc2ncccc2c1)c1cnc2ccc(-c3cnn(CCO)c3)nn12. The maximum absolute atomic E-state index is 9.09. The van der Waals surface area contributed by atoms with E-state index in [2.05, 4.69) is 46.3 Å². The number of hydrogen-bond donors (Lipinski definition) is 1. The molecule has 5 aromatic rings. The molecule has 1 N–H and O–H groups in total. The molecule has 1 aromatic carbocycles. The molecule has 0 aliphatic rings. The topological polar surface area (TPSA) is 81.1 Å². The summed E-state index contributed by atoms with van der Waals surface area (Å²) in [6.45, 7) is 2.68. The Hall–Kier alpha value is -3.58. The summed E-state index contributed by atoms with van der Waals surface area (Å²) in [5.41, 5.74) is 5.73. The van der Waals surface area contributed by atoms with Gasteiger partial charge in [0.05, 0.1) is 42.4 Å². The van der Waals surface area contributed by atoms with Gasteiger partial charge in [-0.05, 0) is 35.9 Å². The molecule has 5 rings (SSSR count). The fraction of sp³-hybridized carbons (Fsp3) is 0.182. The average Bonchev–Trinajstić information content (AvgIpc) is 3.40. The van der Waals surface area contributed by atoms with Gasteiger partial charge in [-0.25, -0.2) is 9.50 Å². The van der Waals surface area contributed by atoms with Crippen LogP contribution in [-0.4, -0.2) is 41.1 Å². The fourth-order valence-electron chi connectivity index (χ4n) is 3.60. The van der Waals surface area contributed by atoms with Gasteiger partial charge in [0.25, 0.3) is 0 Å². The van der Waals surface area contributed by atoms with Crippen molar-refractivity contribution >= 4 is 16.6 Å². The number of benzene rings is 1. The van der Waals surface area contributed by atoms with E-state index in [0.29, 0.717) is 6.54 Å². The molecule has 0 amide bonds. The third-order valence-electron chi connectivity index (χ3n) is 5.22. The van der Waals surface area contributed by atoms with Gasteiger partial charge in [0.1, 0.15) is 0 Å². The molecule has 1 atom stereocenters. The van der Waals surface area contributed by atoms with Gasteiger partial charge in [-0.15, -0.1) is 0 Å². The molecule has 0 bridgehead atoms. The Morgan fingerprint density at radius 1 is 1.07 bits per heavy atom. The lowest BCUT2D eigenvalue weighted by Gasteiger charge is -2.12. The van der Waals surface area contributed by atoms with Crippen molar-refractivity contribution in [2.24, 2.45) is 0 Å². The number of rotatable bonds is 5. The number of aliphatic hydroxyl groups is 1. The van der Waals surface area contributed by atoms with Crippen molar-refractivity contribution < 1.29 is 5.11 Å². The molecular weight excluding hydrogens is 364 g/mol. The van der Waals surface area contributed by atoms with Gasteiger partial charge in [-0.1, -0.05) is 19.1 Å². The molecule has 0 spiro atoms. The summed E-state index contributed by atoms with van der Waals surface area (Å²) in [4.78, 5) is 8.93. The number of aliphatic hydroxyl groups excluding tert-OH is 1. The van der Waals surface area contributed by atoms with E-state index in [4.69, 9.17) is 10.2 Å². The summed E-state index contributed by atoms with van der Waals surface area (Å²) in [6, 6.07) is 14.3. The van der Waals surface area contributed by atoms with Crippen molar-refractivity contribution in [2.45, 2.75) is 19.4 Å². The number of aromatic nitrogens is 6. The van der Waals surface area contributed by atoms with E-state index in [1.165, 1.54) is 5.56 Å². The van der Waals surface area contributed by atoms with Gasteiger partial charge >= 0.3 is 0 Å². The molecule has 144 valence electrons. The number of fused-ring (bicyclic) bond motifs is 2. The minimum absolute atomic E-state index is 0.0536. The van der Waals surface area contributed by atoms with Gasteiger partial charge in [0.2, 0.25) is 0 Å². The van der Waals surface area contributed by atoms with E-state index < -0.39 is 0 Å². The first-order valence-corrected chi connectivity index (χ1v) is 9.56. The lowest BCUT2D eigenvalue weighted by atomic mass is 9.97. The van der Waals surface area contributed by atoms with Crippen molar-refractivity contribution in [1.29, 1.82) is 0 Å². The van der Waals surface area contributed by atoms with Crippen LogP contribution in [0.2, 0.25) is 0 Å². The van der Waals surface area contributed by atoms with Gasteiger partial charge in [0.15, 0.2) is 5.65 Å². The monoisotopic (exact) mass is 384 g/mol. The minimum Gasteiger partial charge on any atom is -0.394 e. The predicted octanol–water partition coefficient (Wildman–Crippen LogP) is 3.29. The normalized spacial score (nSPS) is 12.6. The molecule has 0 unspecified atom stereocenters. The largest absolute Gasteiger partial charge is 0.394 e. The van der Waals surface area contributed by atoms with Crippen LogP contribution in [0.25, 0.3) is 27.8 Å². The first-order chi connectivity index (χ1) is 14.2. The molecule has 4 aromatic heterocycles. The molecule has 7 nitrogen and oxygen atoms in total. The molecule has 0 saturated carbocycles. The fourth-order valence-corrected chi connectivity index (χ4v) is 3.60. The Morgan fingerprint density at radius 2 is 2.00 bits per heavy atom. The highest BCUT2D eigenvalue weighted by Crippen LogP contribution is 2.27. The standard InChI is InChI=1S/C22H20N6O/c1-15(16-4-5-19-17(11-16)3-2-8-23-19)21-13-24-22-7-6-20(26-28(21)22)18-12-25-27(14-18)9-10-29/h2-8,11-15,29H,9-10H2,1H3/t15-/m1/s1. The molecule has 0 radical (unpaired) electrons. The highest BCUT2D eigenvalue weighted by molar-refractivity contribution is 5.79. The van der Waals surface area contributed by atoms with Crippen molar-refractivity contribution in [2.75, 3.05) is 6.61 Å². The molecule has 7 heteroatoms. The van der Waals surface area contributed by atoms with Crippen LogP contribution in [-0.2, 0) is 6.54 Å². The quantitative estimate of drug-likeness (QED) is 0.503. The molecule has 4 heterocycles. The Labute approximate surface area is 167 Å². The van der Waals surface area contributed by atoms with Crippen molar-refractivity contribution in [3.63, 3.8) is 0 Å². The maximum atomic E-state index is 9.09. The molecule has 0 aliphatic heterocycles. The Morgan fingerprint density at radius 3 is 2.90 bits per heavy atom. The van der Waals surface area contributed by atoms with Crippen molar-refractivity contribution in [3.05, 3.63) is 78.5 Å². The number of hydrogen-bond acceptors (Lipinski definition) is 5. The second kappa shape index (κ2) is 7.10.